The summed E-state index contributed by atoms with van der Waals surface area (Å²) in [5.41, 5.74) is 0.232. The molecule has 1 unspecified atom stereocenters. The largest absolute Gasteiger partial charge is 0.310 e. The van der Waals surface area contributed by atoms with Crippen molar-refractivity contribution < 1.29 is 9.31 Å². The molecule has 0 fully saturated rings. The van der Waals surface area contributed by atoms with Gasteiger partial charge in [-0.15, -0.1) is 0 Å². The first kappa shape index (κ1) is 12.6. The van der Waals surface area contributed by atoms with Crippen LogP contribution in [0, 0.1) is 15.9 Å². The van der Waals surface area contributed by atoms with Crippen LogP contribution in [0.25, 0.3) is 0 Å². The molecule has 0 aliphatic rings. The summed E-state index contributed by atoms with van der Waals surface area (Å²) >= 11 is 0. The Morgan fingerprint density at radius 2 is 2.25 bits per heavy atom. The van der Waals surface area contributed by atoms with Crippen molar-refractivity contribution >= 4 is 5.69 Å². The van der Waals surface area contributed by atoms with Gasteiger partial charge >= 0.3 is 5.69 Å². The molecule has 1 atom stereocenters. The molecule has 88 valence electrons. The lowest BCUT2D eigenvalue weighted by atomic mass is 10.2. The van der Waals surface area contributed by atoms with Gasteiger partial charge in [0.1, 0.15) is 0 Å². The molecule has 0 amide bonds. The zero-order valence-electron chi connectivity index (χ0n) is 9.37. The Hall–Kier alpha value is -1.49. The molecule has 0 saturated carbocycles. The fourth-order valence-corrected chi connectivity index (χ4v) is 1.24. The van der Waals surface area contributed by atoms with Gasteiger partial charge in [0, 0.05) is 18.7 Å². The summed E-state index contributed by atoms with van der Waals surface area (Å²) in [5.74, 6) is -0.784. The van der Waals surface area contributed by atoms with E-state index in [1.807, 2.05) is 13.8 Å². The molecule has 5 heteroatoms. The lowest BCUT2D eigenvalue weighted by molar-refractivity contribution is -0.387. The second-order valence-corrected chi connectivity index (χ2v) is 3.73. The lowest BCUT2D eigenvalue weighted by Gasteiger charge is -2.10. The molecule has 0 aliphatic carbocycles. The normalized spacial score (nSPS) is 12.4. The molecule has 0 bridgehead atoms. The Morgan fingerprint density at radius 1 is 1.56 bits per heavy atom. The molecule has 16 heavy (non-hydrogen) atoms. The maximum absolute atomic E-state index is 13.2. The van der Waals surface area contributed by atoms with E-state index in [9.17, 15) is 14.5 Å². The van der Waals surface area contributed by atoms with Crippen LogP contribution in [0.15, 0.2) is 18.2 Å². The highest BCUT2D eigenvalue weighted by molar-refractivity contribution is 5.34. The minimum Gasteiger partial charge on any atom is -0.310 e. The van der Waals surface area contributed by atoms with Gasteiger partial charge in [-0.2, -0.15) is 4.39 Å². The van der Waals surface area contributed by atoms with Gasteiger partial charge in [0.2, 0.25) is 5.82 Å². The minimum absolute atomic E-state index is 0.346. The molecule has 1 N–H and O–H groups in total. The Kier molecular flexibility index (Phi) is 4.37. The summed E-state index contributed by atoms with van der Waals surface area (Å²) in [7, 11) is 0. The van der Waals surface area contributed by atoms with Crippen molar-refractivity contribution in [1.82, 2.24) is 5.32 Å². The van der Waals surface area contributed by atoms with Crippen LogP contribution in [0.2, 0.25) is 0 Å². The smallest absolute Gasteiger partial charge is 0.304 e. The highest BCUT2D eigenvalue weighted by Gasteiger charge is 2.13. The average Bonchev–Trinajstić information content (AvgIpc) is 2.25. The van der Waals surface area contributed by atoms with Crippen molar-refractivity contribution in [2.75, 3.05) is 0 Å². The summed E-state index contributed by atoms with van der Waals surface area (Å²) < 4.78 is 13.2. The third-order valence-corrected chi connectivity index (χ3v) is 2.48. The molecular formula is C11H15FN2O2. The van der Waals surface area contributed by atoms with Crippen LogP contribution in [0.4, 0.5) is 10.1 Å². The summed E-state index contributed by atoms with van der Waals surface area (Å²) in [6, 6.07) is 4.31. The third-order valence-electron chi connectivity index (χ3n) is 2.48. The quantitative estimate of drug-likeness (QED) is 0.620. The van der Waals surface area contributed by atoms with E-state index in [1.165, 1.54) is 12.1 Å². The minimum atomic E-state index is -0.784. The molecule has 1 aromatic carbocycles. The predicted molar refractivity (Wildman–Crippen MR) is 59.6 cm³/mol. The number of hydrogen-bond acceptors (Lipinski definition) is 3. The molecule has 0 aliphatic heterocycles. The van der Waals surface area contributed by atoms with Crippen molar-refractivity contribution in [3.63, 3.8) is 0 Å². The topological polar surface area (TPSA) is 55.2 Å². The highest BCUT2D eigenvalue weighted by Crippen LogP contribution is 2.17. The maximum atomic E-state index is 13.2. The Balaban J connectivity index is 2.70. The van der Waals surface area contributed by atoms with Crippen LogP contribution in [0.1, 0.15) is 25.8 Å². The fourth-order valence-electron chi connectivity index (χ4n) is 1.24. The van der Waals surface area contributed by atoms with Crippen molar-refractivity contribution in [2.24, 2.45) is 0 Å². The van der Waals surface area contributed by atoms with Gasteiger partial charge < -0.3 is 5.32 Å². The van der Waals surface area contributed by atoms with Crippen molar-refractivity contribution in [3.05, 3.63) is 39.7 Å². The van der Waals surface area contributed by atoms with E-state index < -0.39 is 16.4 Å². The fraction of sp³-hybridized carbons (Fsp3) is 0.455. The van der Waals surface area contributed by atoms with Gasteiger partial charge in [-0.3, -0.25) is 10.1 Å². The number of halogens is 1. The molecule has 0 spiro atoms. The van der Waals surface area contributed by atoms with Crippen molar-refractivity contribution in [2.45, 2.75) is 32.9 Å². The predicted octanol–water partition coefficient (Wildman–Crippen LogP) is 2.62. The van der Waals surface area contributed by atoms with Crippen LogP contribution in [-0.2, 0) is 6.54 Å². The second-order valence-electron chi connectivity index (χ2n) is 3.73. The van der Waals surface area contributed by atoms with E-state index >= 15 is 0 Å². The number of benzene rings is 1. The van der Waals surface area contributed by atoms with Gasteiger partial charge in [-0.05, 0) is 25.0 Å². The van der Waals surface area contributed by atoms with Gasteiger partial charge in [-0.25, -0.2) is 0 Å². The summed E-state index contributed by atoms with van der Waals surface area (Å²) in [6.07, 6.45) is 0.982. The SMILES string of the molecule is CCC(C)NCc1ccc([N+](=O)[O-])c(F)c1. The number of rotatable bonds is 5. The standard InChI is InChI=1S/C11H15FN2O2/c1-3-8(2)13-7-9-4-5-11(14(15)16)10(12)6-9/h4-6,8,13H,3,7H2,1-2H3. The lowest BCUT2D eigenvalue weighted by Crippen LogP contribution is -2.24. The van der Waals surface area contributed by atoms with Gasteiger partial charge in [0.05, 0.1) is 4.92 Å². The van der Waals surface area contributed by atoms with Crippen molar-refractivity contribution in [3.8, 4) is 0 Å². The number of nitrogens with zero attached hydrogens (tertiary/aromatic N) is 1. The Bertz CT molecular complexity index is 382. The van der Waals surface area contributed by atoms with E-state index in [-0.39, 0.29) is 0 Å². The third kappa shape index (κ3) is 3.27. The van der Waals surface area contributed by atoms with Gasteiger partial charge in [0.25, 0.3) is 0 Å². The van der Waals surface area contributed by atoms with Crippen LogP contribution in [0.5, 0.6) is 0 Å². The monoisotopic (exact) mass is 226 g/mol. The van der Waals surface area contributed by atoms with Crippen LogP contribution in [-0.4, -0.2) is 11.0 Å². The Morgan fingerprint density at radius 3 is 2.75 bits per heavy atom. The number of nitro benzene ring substituents is 1. The van der Waals surface area contributed by atoms with E-state index in [4.69, 9.17) is 0 Å². The molecular weight excluding hydrogens is 211 g/mol. The van der Waals surface area contributed by atoms with Crippen LogP contribution >= 0.6 is 0 Å². The second kappa shape index (κ2) is 5.55. The summed E-state index contributed by atoms with van der Waals surface area (Å²) in [6.45, 7) is 4.60. The Labute approximate surface area is 93.6 Å². The number of nitro groups is 1. The van der Waals surface area contributed by atoms with Gasteiger partial charge in [-0.1, -0.05) is 13.0 Å². The molecule has 0 radical (unpaired) electrons. The molecule has 1 rings (SSSR count). The van der Waals surface area contributed by atoms with E-state index in [1.54, 1.807) is 6.07 Å². The molecule has 4 nitrogen and oxygen atoms in total. The molecule has 0 saturated heterocycles. The van der Waals surface area contributed by atoms with Crippen LogP contribution in [0.3, 0.4) is 0 Å². The van der Waals surface area contributed by atoms with Crippen molar-refractivity contribution in [1.29, 1.82) is 0 Å². The first-order valence-corrected chi connectivity index (χ1v) is 5.20. The molecule has 0 aromatic heterocycles. The van der Waals surface area contributed by atoms with Crippen LogP contribution < -0.4 is 5.32 Å². The zero-order chi connectivity index (χ0) is 12.1. The molecule has 0 heterocycles. The highest BCUT2D eigenvalue weighted by atomic mass is 19.1. The number of nitrogens with one attached hydrogen (secondary N) is 1. The first-order chi connectivity index (χ1) is 7.54. The summed E-state index contributed by atoms with van der Waals surface area (Å²) in [5, 5.41) is 13.6. The van der Waals surface area contributed by atoms with E-state index in [0.29, 0.717) is 18.2 Å². The van der Waals surface area contributed by atoms with Gasteiger partial charge in [0.15, 0.2) is 0 Å². The first-order valence-electron chi connectivity index (χ1n) is 5.20. The van der Waals surface area contributed by atoms with E-state index in [2.05, 4.69) is 5.32 Å². The average molecular weight is 226 g/mol. The maximum Gasteiger partial charge on any atom is 0.304 e. The molecule has 1 aromatic rings. The summed E-state index contributed by atoms with van der Waals surface area (Å²) in [4.78, 5) is 9.67. The van der Waals surface area contributed by atoms with E-state index in [0.717, 1.165) is 6.42 Å². The number of hydrogen-bond donors (Lipinski definition) is 1. The zero-order valence-corrected chi connectivity index (χ0v) is 9.37.